The van der Waals surface area contributed by atoms with Crippen molar-refractivity contribution in [1.29, 1.82) is 0 Å². The predicted molar refractivity (Wildman–Crippen MR) is 94.0 cm³/mol. The van der Waals surface area contributed by atoms with Gasteiger partial charge in [-0.05, 0) is 31.4 Å². The number of nitrogens with one attached hydrogen (secondary N) is 2. The van der Waals surface area contributed by atoms with E-state index in [0.29, 0.717) is 6.42 Å². The summed E-state index contributed by atoms with van der Waals surface area (Å²) in [6.45, 7) is 1.99. The van der Waals surface area contributed by atoms with Crippen LogP contribution in [0, 0.1) is 0 Å². The van der Waals surface area contributed by atoms with Crippen molar-refractivity contribution in [2.75, 3.05) is 11.1 Å². The smallest absolute Gasteiger partial charge is 0.319 e. The highest BCUT2D eigenvalue weighted by Crippen LogP contribution is 2.32. The molecule has 0 spiro atoms. The number of carbonyl (C=O) groups excluding carboxylic acids is 1. The van der Waals surface area contributed by atoms with E-state index in [0.717, 1.165) is 25.7 Å². The molecule has 1 aromatic carbocycles. The fourth-order valence-electron chi connectivity index (χ4n) is 2.61. The second-order valence-corrected chi connectivity index (χ2v) is 7.97. The largest absolute Gasteiger partial charge is 0.504 e. The number of phenols is 1. The van der Waals surface area contributed by atoms with Crippen molar-refractivity contribution < 1.29 is 18.3 Å². The molecule has 0 fully saturated rings. The molecule has 0 saturated carbocycles. The van der Waals surface area contributed by atoms with Crippen molar-refractivity contribution in [3.8, 4) is 5.75 Å². The molecular formula is C17H24N2O4S. The SMILES string of the molecule is CCCCCS(=O)(=O)c1cccc(NC(=O)NC2C=CCC2)c1O. The number of hydrogen-bond acceptors (Lipinski definition) is 4. The van der Waals surface area contributed by atoms with E-state index >= 15 is 0 Å². The quantitative estimate of drug-likeness (QED) is 0.399. The number of rotatable bonds is 7. The molecule has 7 heteroatoms. The number of carbonyl (C=O) groups is 1. The molecule has 0 radical (unpaired) electrons. The summed E-state index contributed by atoms with van der Waals surface area (Å²) in [6, 6.07) is 3.84. The monoisotopic (exact) mass is 352 g/mol. The van der Waals surface area contributed by atoms with Crippen LogP contribution in [-0.4, -0.2) is 31.4 Å². The Morgan fingerprint density at radius 2 is 2.12 bits per heavy atom. The van der Waals surface area contributed by atoms with Gasteiger partial charge in [-0.25, -0.2) is 13.2 Å². The average Bonchev–Trinajstić information content (AvgIpc) is 3.02. The lowest BCUT2D eigenvalue weighted by atomic mass is 10.2. The maximum atomic E-state index is 12.3. The molecule has 132 valence electrons. The van der Waals surface area contributed by atoms with E-state index in [9.17, 15) is 18.3 Å². The van der Waals surface area contributed by atoms with Crippen LogP contribution in [0.15, 0.2) is 35.2 Å². The van der Waals surface area contributed by atoms with Crippen LogP contribution in [0.3, 0.4) is 0 Å². The van der Waals surface area contributed by atoms with Gasteiger partial charge in [-0.1, -0.05) is 38.0 Å². The maximum Gasteiger partial charge on any atom is 0.319 e. The van der Waals surface area contributed by atoms with Crippen LogP contribution in [0.5, 0.6) is 5.75 Å². The van der Waals surface area contributed by atoms with Gasteiger partial charge in [0, 0.05) is 6.04 Å². The van der Waals surface area contributed by atoms with Gasteiger partial charge in [0.2, 0.25) is 0 Å². The first-order valence-corrected chi connectivity index (χ1v) is 9.88. The first kappa shape index (κ1) is 18.3. The number of urea groups is 1. The summed E-state index contributed by atoms with van der Waals surface area (Å²) in [6.07, 6.45) is 7.94. The summed E-state index contributed by atoms with van der Waals surface area (Å²) in [5, 5.41) is 15.5. The van der Waals surface area contributed by atoms with Crippen LogP contribution in [0.1, 0.15) is 39.0 Å². The lowest BCUT2D eigenvalue weighted by Crippen LogP contribution is -2.35. The molecule has 3 N–H and O–H groups in total. The molecule has 2 rings (SSSR count). The molecule has 1 aliphatic carbocycles. The van der Waals surface area contributed by atoms with E-state index in [1.165, 1.54) is 18.2 Å². The van der Waals surface area contributed by atoms with Gasteiger partial charge in [0.1, 0.15) is 4.90 Å². The number of unbranched alkanes of at least 4 members (excludes halogenated alkanes) is 2. The normalized spacial score (nSPS) is 17.0. The number of benzene rings is 1. The number of phenolic OH excluding ortho intramolecular Hbond substituents is 1. The van der Waals surface area contributed by atoms with Gasteiger partial charge in [0.05, 0.1) is 11.4 Å². The van der Waals surface area contributed by atoms with Crippen molar-refractivity contribution in [2.45, 2.75) is 50.0 Å². The molecule has 0 aliphatic heterocycles. The average molecular weight is 352 g/mol. The molecule has 0 bridgehead atoms. The van der Waals surface area contributed by atoms with E-state index in [2.05, 4.69) is 10.6 Å². The van der Waals surface area contributed by atoms with Gasteiger partial charge >= 0.3 is 6.03 Å². The van der Waals surface area contributed by atoms with Crippen LogP contribution in [-0.2, 0) is 9.84 Å². The van der Waals surface area contributed by atoms with E-state index in [4.69, 9.17) is 0 Å². The minimum Gasteiger partial charge on any atom is -0.504 e. The third-order valence-electron chi connectivity index (χ3n) is 3.93. The van der Waals surface area contributed by atoms with Gasteiger partial charge in [-0.2, -0.15) is 0 Å². The minimum absolute atomic E-state index is 0.0169. The molecule has 0 heterocycles. The summed E-state index contributed by atoms with van der Waals surface area (Å²) in [5.74, 6) is -0.428. The molecule has 1 aromatic rings. The lowest BCUT2D eigenvalue weighted by Gasteiger charge is -2.14. The highest BCUT2D eigenvalue weighted by Gasteiger charge is 2.21. The molecule has 1 aliphatic rings. The van der Waals surface area contributed by atoms with Crippen LogP contribution in [0.2, 0.25) is 0 Å². The van der Waals surface area contributed by atoms with Crippen LogP contribution >= 0.6 is 0 Å². The molecule has 1 unspecified atom stereocenters. The predicted octanol–water partition coefficient (Wildman–Crippen LogP) is 3.20. The minimum atomic E-state index is -3.58. The van der Waals surface area contributed by atoms with Crippen molar-refractivity contribution in [3.05, 3.63) is 30.4 Å². The Kier molecular flexibility index (Phi) is 6.25. The van der Waals surface area contributed by atoms with Gasteiger partial charge in [0.25, 0.3) is 0 Å². The van der Waals surface area contributed by atoms with E-state index in [-0.39, 0.29) is 22.4 Å². The van der Waals surface area contributed by atoms with Gasteiger partial charge in [-0.3, -0.25) is 0 Å². The molecule has 6 nitrogen and oxygen atoms in total. The lowest BCUT2D eigenvalue weighted by molar-refractivity contribution is 0.250. The van der Waals surface area contributed by atoms with Crippen molar-refractivity contribution in [1.82, 2.24) is 5.32 Å². The Morgan fingerprint density at radius 3 is 2.79 bits per heavy atom. The third kappa shape index (κ3) is 4.74. The fourth-order valence-corrected chi connectivity index (χ4v) is 4.10. The van der Waals surface area contributed by atoms with E-state index in [1.54, 1.807) is 0 Å². The van der Waals surface area contributed by atoms with Gasteiger partial charge in [0.15, 0.2) is 15.6 Å². The number of amides is 2. The molecule has 24 heavy (non-hydrogen) atoms. The molecule has 1 atom stereocenters. The zero-order valence-corrected chi connectivity index (χ0v) is 14.6. The molecule has 0 aromatic heterocycles. The number of hydrogen-bond donors (Lipinski definition) is 3. The van der Waals surface area contributed by atoms with Crippen molar-refractivity contribution in [3.63, 3.8) is 0 Å². The molecule has 2 amide bonds. The fraction of sp³-hybridized carbons (Fsp3) is 0.471. The summed E-state index contributed by atoms with van der Waals surface area (Å²) in [4.78, 5) is 11.8. The number of allylic oxidation sites excluding steroid dienone is 1. The molecule has 0 saturated heterocycles. The van der Waals surface area contributed by atoms with Crippen molar-refractivity contribution >= 4 is 21.6 Å². The van der Waals surface area contributed by atoms with Crippen molar-refractivity contribution in [2.24, 2.45) is 0 Å². The first-order chi connectivity index (χ1) is 11.4. The zero-order chi connectivity index (χ0) is 17.6. The number of para-hydroxylation sites is 1. The highest BCUT2D eigenvalue weighted by molar-refractivity contribution is 7.91. The topological polar surface area (TPSA) is 95.5 Å². The highest BCUT2D eigenvalue weighted by atomic mass is 32.2. The van der Waals surface area contributed by atoms with Crippen LogP contribution in [0.4, 0.5) is 10.5 Å². The Balaban J connectivity index is 2.09. The molecular weight excluding hydrogens is 328 g/mol. The summed E-state index contributed by atoms with van der Waals surface area (Å²) in [5.41, 5.74) is 0.0889. The second-order valence-electron chi connectivity index (χ2n) is 5.89. The van der Waals surface area contributed by atoms with Crippen LogP contribution < -0.4 is 10.6 Å². The van der Waals surface area contributed by atoms with Gasteiger partial charge < -0.3 is 15.7 Å². The number of aromatic hydroxyl groups is 1. The maximum absolute atomic E-state index is 12.3. The number of sulfone groups is 1. The Hall–Kier alpha value is -2.02. The third-order valence-corrected chi connectivity index (χ3v) is 5.75. The first-order valence-electron chi connectivity index (χ1n) is 8.23. The second kappa shape index (κ2) is 8.19. The van der Waals surface area contributed by atoms with Crippen LogP contribution in [0.25, 0.3) is 0 Å². The van der Waals surface area contributed by atoms with E-state index in [1.807, 2.05) is 19.1 Å². The zero-order valence-electron chi connectivity index (χ0n) is 13.8. The Bertz CT molecular complexity index is 713. The van der Waals surface area contributed by atoms with E-state index < -0.39 is 21.6 Å². The summed E-state index contributed by atoms with van der Waals surface area (Å²) >= 11 is 0. The number of anilines is 1. The Labute approximate surface area is 142 Å². The Morgan fingerprint density at radius 1 is 1.33 bits per heavy atom. The summed E-state index contributed by atoms with van der Waals surface area (Å²) in [7, 11) is -3.58. The van der Waals surface area contributed by atoms with Gasteiger partial charge in [-0.15, -0.1) is 0 Å². The standard InChI is InChI=1S/C17H24N2O4S/c1-2-3-6-12-24(22,23)15-11-7-10-14(16(15)20)19-17(21)18-13-8-4-5-9-13/h4,7-8,10-11,13,20H,2-3,5-6,9,12H2,1H3,(H2,18,19,21). The summed E-state index contributed by atoms with van der Waals surface area (Å²) < 4.78 is 24.7.